The van der Waals surface area contributed by atoms with Crippen LogP contribution in [0.15, 0.2) is 29.2 Å². The number of rotatable bonds is 5. The molecular formula is C16H21ClN2O5S. The smallest absolute Gasteiger partial charge is 0.326 e. The summed E-state index contributed by atoms with van der Waals surface area (Å²) in [6.45, 7) is 3.64. The van der Waals surface area contributed by atoms with Crippen molar-refractivity contribution in [3.63, 3.8) is 0 Å². The van der Waals surface area contributed by atoms with Gasteiger partial charge in [-0.15, -0.1) is 0 Å². The number of carbonyl (C=O) groups is 2. The minimum Gasteiger partial charge on any atom is -0.480 e. The van der Waals surface area contributed by atoms with Crippen molar-refractivity contribution in [2.24, 2.45) is 5.92 Å². The largest absolute Gasteiger partial charge is 0.480 e. The van der Waals surface area contributed by atoms with E-state index in [2.05, 4.69) is 4.72 Å². The number of amides is 1. The SMILES string of the molecule is CC1CCN(C(=O)C(C)NS(=O)(=O)c2ccc(Cl)cc2)C(C(=O)O)C1. The van der Waals surface area contributed by atoms with Crippen LogP contribution in [0.4, 0.5) is 0 Å². The summed E-state index contributed by atoms with van der Waals surface area (Å²) in [6, 6.07) is 3.55. The summed E-state index contributed by atoms with van der Waals surface area (Å²) in [6.07, 6.45) is 1.05. The Labute approximate surface area is 152 Å². The number of benzene rings is 1. The molecule has 2 N–H and O–H groups in total. The Kier molecular flexibility index (Phi) is 6.08. The molecular weight excluding hydrogens is 368 g/mol. The number of sulfonamides is 1. The van der Waals surface area contributed by atoms with E-state index in [0.717, 1.165) is 0 Å². The number of piperidine rings is 1. The van der Waals surface area contributed by atoms with Gasteiger partial charge < -0.3 is 10.0 Å². The second-order valence-corrected chi connectivity index (χ2v) is 8.46. The molecule has 0 spiro atoms. The van der Waals surface area contributed by atoms with Gasteiger partial charge in [0.2, 0.25) is 15.9 Å². The highest BCUT2D eigenvalue weighted by Crippen LogP contribution is 2.23. The summed E-state index contributed by atoms with van der Waals surface area (Å²) in [7, 11) is -3.91. The van der Waals surface area contributed by atoms with Crippen LogP contribution in [0.3, 0.4) is 0 Å². The molecule has 1 aliphatic rings. The van der Waals surface area contributed by atoms with Gasteiger partial charge in [0.25, 0.3) is 0 Å². The van der Waals surface area contributed by atoms with Crippen LogP contribution in [0.1, 0.15) is 26.7 Å². The van der Waals surface area contributed by atoms with Crippen molar-refractivity contribution >= 4 is 33.5 Å². The number of aliphatic carboxylic acids is 1. The minimum absolute atomic E-state index is 0.0152. The monoisotopic (exact) mass is 388 g/mol. The lowest BCUT2D eigenvalue weighted by Crippen LogP contribution is -2.55. The zero-order valence-corrected chi connectivity index (χ0v) is 15.5. The van der Waals surface area contributed by atoms with Gasteiger partial charge in [0.1, 0.15) is 6.04 Å². The number of nitrogens with one attached hydrogen (secondary N) is 1. The van der Waals surface area contributed by atoms with E-state index < -0.39 is 34.0 Å². The van der Waals surface area contributed by atoms with Crippen LogP contribution in [0, 0.1) is 5.92 Å². The predicted molar refractivity (Wildman–Crippen MR) is 92.8 cm³/mol. The van der Waals surface area contributed by atoms with Gasteiger partial charge in [0.15, 0.2) is 0 Å². The van der Waals surface area contributed by atoms with Crippen LogP contribution in [0.25, 0.3) is 0 Å². The first-order chi connectivity index (χ1) is 11.6. The highest BCUT2D eigenvalue weighted by molar-refractivity contribution is 7.89. The molecule has 1 saturated heterocycles. The fourth-order valence-corrected chi connectivity index (χ4v) is 4.18. The molecule has 1 fully saturated rings. The van der Waals surface area contributed by atoms with Gasteiger partial charge in [-0.1, -0.05) is 18.5 Å². The molecule has 9 heteroatoms. The lowest BCUT2D eigenvalue weighted by Gasteiger charge is -2.37. The number of hydrogen-bond acceptors (Lipinski definition) is 4. The number of carboxylic acids is 1. The van der Waals surface area contributed by atoms with Gasteiger partial charge in [-0.2, -0.15) is 4.72 Å². The molecule has 0 saturated carbocycles. The van der Waals surface area contributed by atoms with Gasteiger partial charge in [0, 0.05) is 11.6 Å². The van der Waals surface area contributed by atoms with E-state index in [-0.39, 0.29) is 10.8 Å². The maximum absolute atomic E-state index is 12.6. The molecule has 25 heavy (non-hydrogen) atoms. The van der Waals surface area contributed by atoms with E-state index in [0.29, 0.717) is 24.4 Å². The van der Waals surface area contributed by atoms with Gasteiger partial charge in [-0.05, 0) is 49.9 Å². The molecule has 7 nitrogen and oxygen atoms in total. The normalized spacial score (nSPS) is 22.4. The third kappa shape index (κ3) is 4.71. The quantitative estimate of drug-likeness (QED) is 0.799. The fourth-order valence-electron chi connectivity index (χ4n) is 2.85. The first-order valence-electron chi connectivity index (χ1n) is 7.93. The van der Waals surface area contributed by atoms with Crippen molar-refractivity contribution in [2.75, 3.05) is 6.54 Å². The van der Waals surface area contributed by atoms with E-state index in [9.17, 15) is 23.1 Å². The zero-order valence-electron chi connectivity index (χ0n) is 14.0. The second-order valence-electron chi connectivity index (χ2n) is 6.31. The zero-order chi connectivity index (χ0) is 18.8. The summed E-state index contributed by atoms with van der Waals surface area (Å²) < 4.78 is 27.0. The van der Waals surface area contributed by atoms with Crippen molar-refractivity contribution in [2.45, 2.75) is 43.7 Å². The van der Waals surface area contributed by atoms with Gasteiger partial charge >= 0.3 is 5.97 Å². The van der Waals surface area contributed by atoms with E-state index >= 15 is 0 Å². The minimum atomic E-state index is -3.91. The lowest BCUT2D eigenvalue weighted by molar-refractivity contribution is -0.153. The van der Waals surface area contributed by atoms with Crippen LogP contribution < -0.4 is 4.72 Å². The maximum atomic E-state index is 12.6. The van der Waals surface area contributed by atoms with E-state index in [1.165, 1.54) is 36.1 Å². The molecule has 1 amide bonds. The molecule has 2 rings (SSSR count). The van der Waals surface area contributed by atoms with Crippen molar-refractivity contribution in [3.8, 4) is 0 Å². The first-order valence-corrected chi connectivity index (χ1v) is 9.79. The van der Waals surface area contributed by atoms with Crippen LogP contribution >= 0.6 is 11.6 Å². The molecule has 0 radical (unpaired) electrons. The third-order valence-electron chi connectivity index (χ3n) is 4.26. The average molecular weight is 389 g/mol. The van der Waals surface area contributed by atoms with Crippen molar-refractivity contribution in [3.05, 3.63) is 29.3 Å². The fraction of sp³-hybridized carbons (Fsp3) is 0.500. The molecule has 1 aliphatic heterocycles. The molecule has 1 aromatic carbocycles. The van der Waals surface area contributed by atoms with Crippen molar-refractivity contribution in [1.82, 2.24) is 9.62 Å². The number of carboxylic acid groups (broad SMARTS) is 1. The summed E-state index contributed by atoms with van der Waals surface area (Å²) >= 11 is 5.75. The lowest BCUT2D eigenvalue weighted by atomic mass is 9.92. The van der Waals surface area contributed by atoms with Crippen molar-refractivity contribution < 1.29 is 23.1 Å². The number of likely N-dealkylation sites (tertiary alicyclic amines) is 1. The van der Waals surface area contributed by atoms with Crippen LogP contribution in [0.2, 0.25) is 5.02 Å². The molecule has 3 unspecified atom stereocenters. The Morgan fingerprint density at radius 1 is 1.32 bits per heavy atom. The number of halogens is 1. The van der Waals surface area contributed by atoms with Gasteiger partial charge in [-0.3, -0.25) is 4.79 Å². The van der Waals surface area contributed by atoms with E-state index in [1.54, 1.807) is 0 Å². The molecule has 3 atom stereocenters. The number of hydrogen-bond donors (Lipinski definition) is 2. The summed E-state index contributed by atoms with van der Waals surface area (Å²) in [4.78, 5) is 25.3. The summed E-state index contributed by atoms with van der Waals surface area (Å²) in [5.41, 5.74) is 0. The Morgan fingerprint density at radius 2 is 1.92 bits per heavy atom. The molecule has 0 aromatic heterocycles. The Hall–Kier alpha value is -1.64. The molecule has 0 aliphatic carbocycles. The Morgan fingerprint density at radius 3 is 2.48 bits per heavy atom. The molecule has 1 aromatic rings. The Bertz CT molecular complexity index is 750. The number of carbonyl (C=O) groups excluding carboxylic acids is 1. The van der Waals surface area contributed by atoms with Crippen molar-refractivity contribution in [1.29, 1.82) is 0 Å². The summed E-state index contributed by atoms with van der Waals surface area (Å²) in [5, 5.41) is 9.75. The molecule has 1 heterocycles. The Balaban J connectivity index is 2.13. The maximum Gasteiger partial charge on any atom is 0.326 e. The first kappa shape index (κ1) is 19.7. The average Bonchev–Trinajstić information content (AvgIpc) is 2.54. The van der Waals surface area contributed by atoms with Crippen LogP contribution in [0.5, 0.6) is 0 Å². The van der Waals surface area contributed by atoms with Crippen LogP contribution in [-0.4, -0.2) is 48.9 Å². The van der Waals surface area contributed by atoms with E-state index in [1.807, 2.05) is 6.92 Å². The van der Waals surface area contributed by atoms with Gasteiger partial charge in [-0.25, -0.2) is 13.2 Å². The standard InChI is InChI=1S/C16H21ClN2O5S/c1-10-7-8-19(14(9-10)16(21)22)15(20)11(2)18-25(23,24)13-5-3-12(17)4-6-13/h3-6,10-11,14,18H,7-9H2,1-2H3,(H,21,22). The van der Waals surface area contributed by atoms with E-state index in [4.69, 9.17) is 11.6 Å². The van der Waals surface area contributed by atoms with Crippen LogP contribution in [-0.2, 0) is 19.6 Å². The molecule has 0 bridgehead atoms. The third-order valence-corrected chi connectivity index (χ3v) is 6.07. The molecule has 138 valence electrons. The predicted octanol–water partition coefficient (Wildman–Crippen LogP) is 1.72. The second kappa shape index (κ2) is 7.72. The number of nitrogens with zero attached hydrogens (tertiary/aromatic N) is 1. The summed E-state index contributed by atoms with van der Waals surface area (Å²) in [5.74, 6) is -1.42. The topological polar surface area (TPSA) is 104 Å². The highest BCUT2D eigenvalue weighted by atomic mass is 35.5. The highest BCUT2D eigenvalue weighted by Gasteiger charge is 2.37. The van der Waals surface area contributed by atoms with Gasteiger partial charge in [0.05, 0.1) is 10.9 Å².